The van der Waals surface area contributed by atoms with E-state index in [-0.39, 0.29) is 36.5 Å². The molecule has 14 nitrogen and oxygen atoms in total. The highest BCUT2D eigenvalue weighted by Gasteiger charge is 2.54. The van der Waals surface area contributed by atoms with Crippen molar-refractivity contribution in [2.24, 2.45) is 17.1 Å². The minimum absolute atomic E-state index is 0.0988. The molecular formula is C29H42ClN4O10PS. The van der Waals surface area contributed by atoms with Crippen LogP contribution in [0.25, 0.3) is 0 Å². The minimum Gasteiger partial charge on any atom is -0.463 e. The molecule has 0 saturated carbocycles. The van der Waals surface area contributed by atoms with Crippen LogP contribution in [0.3, 0.4) is 0 Å². The number of ether oxygens (including phenoxy) is 2. The molecule has 1 aromatic heterocycles. The smallest absolute Gasteiger partial charge is 0.405 e. The normalized spacial score (nSPS) is 23.6. The number of aliphatic hydroxyl groups is 1. The van der Waals surface area contributed by atoms with E-state index in [1.165, 1.54) is 13.1 Å². The highest BCUT2D eigenvalue weighted by Crippen LogP contribution is 2.47. The number of benzene rings is 1. The van der Waals surface area contributed by atoms with E-state index >= 15 is 0 Å². The number of aromatic amines is 1. The van der Waals surface area contributed by atoms with Gasteiger partial charge in [0.2, 0.25) is 0 Å². The topological polar surface area (TPSA) is 201 Å². The summed E-state index contributed by atoms with van der Waals surface area (Å²) in [6.45, 7) is 7.66. The maximum atomic E-state index is 13.8. The number of carbonyl (C=O) groups is 2. The van der Waals surface area contributed by atoms with Crippen molar-refractivity contribution in [3.63, 3.8) is 0 Å². The maximum Gasteiger partial charge on any atom is 0.405 e. The van der Waals surface area contributed by atoms with Crippen molar-refractivity contribution in [2.45, 2.75) is 70.5 Å². The van der Waals surface area contributed by atoms with Gasteiger partial charge in [0, 0.05) is 24.6 Å². The fraction of sp³-hybridized carbons (Fsp3) is 0.586. The van der Waals surface area contributed by atoms with Crippen LogP contribution >= 0.6 is 31.1 Å². The molecule has 6 atom stereocenters. The van der Waals surface area contributed by atoms with E-state index in [0.717, 1.165) is 28.0 Å². The van der Waals surface area contributed by atoms with Gasteiger partial charge in [0.25, 0.3) is 5.56 Å². The average Bonchev–Trinajstić information content (AvgIpc) is 3.23. The summed E-state index contributed by atoms with van der Waals surface area (Å²) in [4.78, 5) is 49.5. The molecule has 256 valence electrons. The number of nitrogens with zero attached hydrogens (tertiary/aromatic N) is 1. The predicted molar refractivity (Wildman–Crippen MR) is 173 cm³/mol. The van der Waals surface area contributed by atoms with Crippen LogP contribution in [0.1, 0.15) is 46.4 Å². The zero-order valence-electron chi connectivity index (χ0n) is 26.3. The number of alkyl halides is 1. The van der Waals surface area contributed by atoms with Crippen LogP contribution in [0.4, 0.5) is 0 Å². The monoisotopic (exact) mass is 704 g/mol. The number of rotatable bonds is 16. The molecular weight excluding hydrogens is 663 g/mol. The van der Waals surface area contributed by atoms with Crippen molar-refractivity contribution in [2.75, 3.05) is 25.6 Å². The number of nitrogens with one attached hydrogen (secondary N) is 2. The van der Waals surface area contributed by atoms with E-state index in [1.54, 1.807) is 27.7 Å². The molecule has 0 bridgehead atoms. The summed E-state index contributed by atoms with van der Waals surface area (Å²) in [6, 6.07) is 9.39. The number of hydrogen-bond acceptors (Lipinski definition) is 12. The van der Waals surface area contributed by atoms with E-state index in [0.29, 0.717) is 0 Å². The molecule has 46 heavy (non-hydrogen) atoms. The van der Waals surface area contributed by atoms with Crippen LogP contribution in [0, 0.1) is 11.3 Å². The predicted octanol–water partition coefficient (Wildman–Crippen LogP) is 2.54. The summed E-state index contributed by atoms with van der Waals surface area (Å²) < 4.78 is 37.3. The zero-order valence-corrected chi connectivity index (χ0v) is 28.8. The Kier molecular flexibility index (Phi) is 13.4. The standard InChI is InChI=1S/C29H42ClN4O10PS/c1-18(2)22(31)24(37)41-17-28(3,4)26(38)46-14-13-42-45(40,32-15-19-9-7-6-8-10-19)43-16-20-23(36)29(5,30)25(44-20)34-12-11-21(35)33-27(34)39/h6-12,18,20,22-23,25,36H,13-17,31H2,1-5H3,(H,32,40)(H,33,35,39)/t20-,22-,23?,25-,29-,45-/m1/s1. The largest absolute Gasteiger partial charge is 0.463 e. The fourth-order valence-corrected chi connectivity index (χ4v) is 6.74. The van der Waals surface area contributed by atoms with Gasteiger partial charge in [-0.1, -0.05) is 55.9 Å². The molecule has 17 heteroatoms. The molecule has 1 aliphatic heterocycles. The number of nitrogens with two attached hydrogens (primary N) is 1. The van der Waals surface area contributed by atoms with Crippen LogP contribution in [0.2, 0.25) is 0 Å². The summed E-state index contributed by atoms with van der Waals surface area (Å²) in [6.07, 6.45) is -2.50. The Morgan fingerprint density at radius 1 is 1.24 bits per heavy atom. The third kappa shape index (κ3) is 10.1. The van der Waals surface area contributed by atoms with Gasteiger partial charge in [-0.15, -0.1) is 11.6 Å². The van der Waals surface area contributed by atoms with Gasteiger partial charge in [-0.25, -0.2) is 14.4 Å². The van der Waals surface area contributed by atoms with Crippen molar-refractivity contribution >= 4 is 42.2 Å². The van der Waals surface area contributed by atoms with Gasteiger partial charge in [0.05, 0.1) is 18.6 Å². The van der Waals surface area contributed by atoms with Gasteiger partial charge in [0.15, 0.2) is 11.3 Å². The summed E-state index contributed by atoms with van der Waals surface area (Å²) in [5.41, 5.74) is 4.19. The highest BCUT2D eigenvalue weighted by molar-refractivity contribution is 8.13. The Morgan fingerprint density at radius 2 is 1.91 bits per heavy atom. The van der Waals surface area contributed by atoms with Gasteiger partial charge >= 0.3 is 19.4 Å². The van der Waals surface area contributed by atoms with E-state index in [4.69, 9.17) is 35.9 Å². The quantitative estimate of drug-likeness (QED) is 0.0861. The molecule has 1 fully saturated rings. The number of thioether (sulfide) groups is 1. The van der Waals surface area contributed by atoms with Crippen molar-refractivity contribution in [1.82, 2.24) is 14.6 Å². The van der Waals surface area contributed by atoms with Crippen LogP contribution in [0.5, 0.6) is 0 Å². The zero-order chi connectivity index (χ0) is 34.3. The number of halogens is 1. The maximum absolute atomic E-state index is 13.8. The van der Waals surface area contributed by atoms with Crippen molar-refractivity contribution < 1.29 is 37.8 Å². The Balaban J connectivity index is 1.63. The summed E-state index contributed by atoms with van der Waals surface area (Å²) in [5, 5.41) is 13.4. The minimum atomic E-state index is -4.07. The lowest BCUT2D eigenvalue weighted by atomic mass is 9.97. The van der Waals surface area contributed by atoms with E-state index in [2.05, 4.69) is 10.1 Å². The Bertz CT molecular complexity index is 1500. The third-order valence-electron chi connectivity index (χ3n) is 7.25. The SMILES string of the molecule is CC(C)[C@@H](N)C(=O)OCC(C)(C)C(=O)SCCO[P@](=O)(NCc1ccccc1)OC[C@H]1O[C@@H](n2ccc(=O)[nH]c2=O)[C@](C)(Cl)C1O. The van der Waals surface area contributed by atoms with Crippen LogP contribution in [0.15, 0.2) is 52.2 Å². The second kappa shape index (κ2) is 16.2. The highest BCUT2D eigenvalue weighted by atomic mass is 35.5. The number of H-pyrrole nitrogens is 1. The van der Waals surface area contributed by atoms with Gasteiger partial charge in [0.1, 0.15) is 29.7 Å². The first-order valence-electron chi connectivity index (χ1n) is 14.6. The first-order valence-corrected chi connectivity index (χ1v) is 17.5. The molecule has 1 saturated heterocycles. The molecule has 1 unspecified atom stereocenters. The van der Waals surface area contributed by atoms with E-state index < -0.39 is 66.3 Å². The molecule has 1 aliphatic rings. The lowest BCUT2D eigenvalue weighted by molar-refractivity contribution is -0.150. The Morgan fingerprint density at radius 3 is 2.54 bits per heavy atom. The van der Waals surface area contributed by atoms with Gasteiger partial charge in [-0.3, -0.25) is 33.0 Å². The molecule has 0 radical (unpaired) electrons. The molecule has 5 N–H and O–H groups in total. The number of hydrogen-bond donors (Lipinski definition) is 4. The van der Waals surface area contributed by atoms with Crippen molar-refractivity contribution in [3.05, 3.63) is 69.0 Å². The molecule has 2 heterocycles. The van der Waals surface area contributed by atoms with Crippen molar-refractivity contribution in [1.29, 1.82) is 0 Å². The van der Waals surface area contributed by atoms with E-state index in [1.807, 2.05) is 30.3 Å². The Hall–Kier alpha value is -2.33. The molecule has 0 aliphatic carbocycles. The molecule has 1 aromatic carbocycles. The lowest BCUT2D eigenvalue weighted by Crippen LogP contribution is -2.43. The van der Waals surface area contributed by atoms with Crippen LogP contribution < -0.4 is 22.1 Å². The number of carbonyl (C=O) groups excluding carboxylic acids is 2. The first kappa shape index (κ1) is 38.1. The van der Waals surface area contributed by atoms with Gasteiger partial charge < -0.3 is 20.3 Å². The van der Waals surface area contributed by atoms with Crippen molar-refractivity contribution in [3.8, 4) is 0 Å². The van der Waals surface area contributed by atoms with Gasteiger partial charge in [-0.05, 0) is 32.3 Å². The second-order valence-electron chi connectivity index (χ2n) is 12.0. The number of aromatic nitrogens is 2. The first-order chi connectivity index (χ1) is 21.5. The van der Waals surface area contributed by atoms with Gasteiger partial charge in [-0.2, -0.15) is 0 Å². The third-order valence-corrected chi connectivity index (χ3v) is 10.4. The van der Waals surface area contributed by atoms with E-state index in [9.17, 15) is 28.8 Å². The summed E-state index contributed by atoms with van der Waals surface area (Å²) in [5.74, 6) is -0.604. The summed E-state index contributed by atoms with van der Waals surface area (Å²) >= 11 is 7.51. The Labute approximate surface area is 276 Å². The number of aliphatic hydroxyl groups excluding tert-OH is 1. The lowest BCUT2D eigenvalue weighted by Gasteiger charge is -2.26. The second-order valence-corrected chi connectivity index (χ2v) is 15.7. The average molecular weight is 705 g/mol. The number of esters is 1. The molecule has 0 amide bonds. The molecule has 3 rings (SSSR count). The molecule has 2 aromatic rings. The molecule has 0 spiro atoms. The fourth-order valence-electron chi connectivity index (χ4n) is 4.21. The summed E-state index contributed by atoms with van der Waals surface area (Å²) in [7, 11) is -4.07. The van der Waals surface area contributed by atoms with Crippen LogP contribution in [-0.4, -0.2) is 74.4 Å². The van der Waals surface area contributed by atoms with Crippen LogP contribution in [-0.2, 0) is 39.2 Å².